The zero-order valence-corrected chi connectivity index (χ0v) is 18.5. The molecule has 29 heavy (non-hydrogen) atoms. The molecule has 0 saturated carbocycles. The second-order valence-electron chi connectivity index (χ2n) is 8.08. The van der Waals surface area contributed by atoms with Gasteiger partial charge in [-0.25, -0.2) is 4.79 Å². The van der Waals surface area contributed by atoms with E-state index in [1.165, 1.54) is 17.7 Å². The highest BCUT2D eigenvalue weighted by Crippen LogP contribution is 2.29. The number of likely N-dealkylation sites (tertiary alicyclic amines) is 2. The van der Waals surface area contributed by atoms with Crippen molar-refractivity contribution in [1.29, 1.82) is 0 Å². The third-order valence-electron chi connectivity index (χ3n) is 5.94. The number of nitrogens with zero attached hydrogens (tertiary/aromatic N) is 3. The number of amides is 1. The number of ether oxygens (including phenoxy) is 1. The van der Waals surface area contributed by atoms with Gasteiger partial charge in [-0.15, -0.1) is 11.3 Å². The fraction of sp³-hybridized carbons (Fsp3) is 0.714. The summed E-state index contributed by atoms with van der Waals surface area (Å²) >= 11 is 1.80. The molecule has 1 aromatic heterocycles. The maximum Gasteiger partial charge on any atom is 0.409 e. The van der Waals surface area contributed by atoms with Crippen LogP contribution in [0.1, 0.15) is 50.4 Å². The summed E-state index contributed by atoms with van der Waals surface area (Å²) in [4.78, 5) is 22.2. The Hall–Kier alpha value is -1.80. The van der Waals surface area contributed by atoms with Crippen molar-refractivity contribution >= 4 is 23.4 Å². The van der Waals surface area contributed by atoms with Gasteiger partial charge in [0.2, 0.25) is 0 Å². The van der Waals surface area contributed by atoms with Crippen LogP contribution in [0.4, 0.5) is 4.79 Å². The first-order valence-electron chi connectivity index (χ1n) is 10.8. The Labute approximate surface area is 178 Å². The minimum atomic E-state index is -0.220. The predicted octanol–water partition coefficient (Wildman–Crippen LogP) is 3.05. The molecular formula is C21H35N5O2S. The lowest BCUT2D eigenvalue weighted by Crippen LogP contribution is -2.48. The highest BCUT2D eigenvalue weighted by atomic mass is 32.1. The van der Waals surface area contributed by atoms with Gasteiger partial charge >= 0.3 is 6.09 Å². The Morgan fingerprint density at radius 3 is 2.66 bits per heavy atom. The lowest BCUT2D eigenvalue weighted by molar-refractivity contribution is 0.0963. The summed E-state index contributed by atoms with van der Waals surface area (Å²) in [5.74, 6) is 1.32. The van der Waals surface area contributed by atoms with E-state index >= 15 is 0 Å². The van der Waals surface area contributed by atoms with Gasteiger partial charge in [0, 0.05) is 24.0 Å². The first-order chi connectivity index (χ1) is 14.1. The molecule has 3 N–H and O–H groups in total. The number of hydrogen-bond donors (Lipinski definition) is 2. The number of rotatable bonds is 6. The molecule has 0 bridgehead atoms. The van der Waals surface area contributed by atoms with Crippen molar-refractivity contribution in [3.63, 3.8) is 0 Å². The summed E-state index contributed by atoms with van der Waals surface area (Å²) in [6, 6.07) is 4.87. The molecule has 2 saturated heterocycles. The number of hydrogen-bond acceptors (Lipinski definition) is 5. The van der Waals surface area contributed by atoms with Gasteiger partial charge in [0.1, 0.15) is 0 Å². The number of nitrogens with one attached hydrogen (secondary N) is 1. The zero-order valence-electron chi connectivity index (χ0n) is 17.7. The van der Waals surface area contributed by atoms with Gasteiger partial charge < -0.3 is 20.7 Å². The Morgan fingerprint density at radius 1 is 1.31 bits per heavy atom. The summed E-state index contributed by atoms with van der Waals surface area (Å²) in [5.41, 5.74) is 6.22. The van der Waals surface area contributed by atoms with Gasteiger partial charge in [0.05, 0.1) is 19.2 Å². The molecule has 7 nitrogen and oxygen atoms in total. The van der Waals surface area contributed by atoms with Crippen molar-refractivity contribution in [3.8, 4) is 0 Å². The SMILES string of the molecule is CCOC(=O)N1CCC(NC(N)=NCC(c2cccs2)N2CCC(C)CC2)CC1. The van der Waals surface area contributed by atoms with Crippen molar-refractivity contribution in [2.45, 2.75) is 51.6 Å². The fourth-order valence-electron chi connectivity index (χ4n) is 4.07. The second kappa shape index (κ2) is 10.8. The van der Waals surface area contributed by atoms with Crippen LogP contribution in [0.3, 0.4) is 0 Å². The van der Waals surface area contributed by atoms with Crippen LogP contribution in [0.5, 0.6) is 0 Å². The van der Waals surface area contributed by atoms with Crippen LogP contribution in [0.15, 0.2) is 22.5 Å². The predicted molar refractivity (Wildman–Crippen MR) is 118 cm³/mol. The van der Waals surface area contributed by atoms with E-state index in [1.807, 2.05) is 6.92 Å². The van der Waals surface area contributed by atoms with Crippen molar-refractivity contribution in [3.05, 3.63) is 22.4 Å². The van der Waals surface area contributed by atoms with Crippen LogP contribution in [-0.2, 0) is 4.74 Å². The lowest BCUT2D eigenvalue weighted by atomic mass is 9.97. The van der Waals surface area contributed by atoms with Gasteiger partial charge in [0.25, 0.3) is 0 Å². The number of nitrogens with two attached hydrogens (primary N) is 1. The Balaban J connectivity index is 1.51. The van der Waals surface area contributed by atoms with Crippen LogP contribution in [0.2, 0.25) is 0 Å². The molecule has 2 fully saturated rings. The molecule has 1 aromatic rings. The van der Waals surface area contributed by atoms with Gasteiger partial charge in [-0.3, -0.25) is 9.89 Å². The molecular weight excluding hydrogens is 386 g/mol. The van der Waals surface area contributed by atoms with E-state index in [9.17, 15) is 4.79 Å². The fourth-order valence-corrected chi connectivity index (χ4v) is 4.92. The zero-order chi connectivity index (χ0) is 20.6. The van der Waals surface area contributed by atoms with Crippen molar-refractivity contribution < 1.29 is 9.53 Å². The second-order valence-corrected chi connectivity index (χ2v) is 9.06. The number of guanidine groups is 1. The molecule has 162 valence electrons. The number of carbonyl (C=O) groups excluding carboxylic acids is 1. The average Bonchev–Trinajstić information content (AvgIpc) is 3.25. The molecule has 3 heterocycles. The van der Waals surface area contributed by atoms with E-state index < -0.39 is 0 Å². The van der Waals surface area contributed by atoms with E-state index in [2.05, 4.69) is 34.7 Å². The smallest absolute Gasteiger partial charge is 0.409 e. The van der Waals surface area contributed by atoms with Gasteiger partial charge in [0.15, 0.2) is 5.96 Å². The molecule has 1 unspecified atom stereocenters. The van der Waals surface area contributed by atoms with Crippen molar-refractivity contribution in [2.24, 2.45) is 16.6 Å². The maximum absolute atomic E-state index is 11.8. The highest BCUT2D eigenvalue weighted by Gasteiger charge is 2.26. The van der Waals surface area contributed by atoms with Crippen molar-refractivity contribution in [2.75, 3.05) is 39.3 Å². The normalized spacial score (nSPS) is 21.2. The number of aliphatic imine (C=N–C) groups is 1. The van der Waals surface area contributed by atoms with Crippen LogP contribution < -0.4 is 11.1 Å². The van der Waals surface area contributed by atoms with Gasteiger partial charge in [-0.2, -0.15) is 0 Å². The molecule has 2 aliphatic heterocycles. The third kappa shape index (κ3) is 6.34. The first kappa shape index (κ1) is 21.9. The molecule has 1 amide bonds. The number of piperidine rings is 2. The Kier molecular flexibility index (Phi) is 8.18. The summed E-state index contributed by atoms with van der Waals surface area (Å²) in [7, 11) is 0. The minimum absolute atomic E-state index is 0.220. The monoisotopic (exact) mass is 421 g/mol. The van der Waals surface area contributed by atoms with E-state index in [-0.39, 0.29) is 12.1 Å². The molecule has 8 heteroatoms. The molecule has 0 radical (unpaired) electrons. The summed E-state index contributed by atoms with van der Waals surface area (Å²) in [6.45, 7) is 8.88. The van der Waals surface area contributed by atoms with E-state index in [0.29, 0.717) is 38.2 Å². The lowest BCUT2D eigenvalue weighted by Gasteiger charge is -2.36. The molecule has 0 aromatic carbocycles. The van der Waals surface area contributed by atoms with Crippen LogP contribution >= 0.6 is 11.3 Å². The highest BCUT2D eigenvalue weighted by molar-refractivity contribution is 7.10. The molecule has 0 aliphatic carbocycles. The van der Waals surface area contributed by atoms with Crippen LogP contribution in [0.25, 0.3) is 0 Å². The quantitative estimate of drug-likeness (QED) is 0.545. The van der Waals surface area contributed by atoms with E-state index in [1.54, 1.807) is 16.2 Å². The standard InChI is InChI=1S/C21H35N5O2S/c1-3-28-21(27)26-12-8-17(9-13-26)24-20(22)23-15-18(19-5-4-14-29-19)25-10-6-16(2)7-11-25/h4-5,14,16-18H,3,6-13,15H2,1-2H3,(H3,22,23,24). The molecule has 2 aliphatic rings. The van der Waals surface area contributed by atoms with Crippen LogP contribution in [-0.4, -0.2) is 67.2 Å². The first-order valence-corrected chi connectivity index (χ1v) is 11.7. The van der Waals surface area contributed by atoms with Gasteiger partial charge in [-0.1, -0.05) is 13.0 Å². The van der Waals surface area contributed by atoms with Crippen molar-refractivity contribution in [1.82, 2.24) is 15.1 Å². The summed E-state index contributed by atoms with van der Waals surface area (Å²) in [6.07, 6.45) is 3.99. The molecule has 3 rings (SSSR count). The number of thiophene rings is 1. The Morgan fingerprint density at radius 2 is 2.03 bits per heavy atom. The number of carbonyl (C=O) groups is 1. The van der Waals surface area contributed by atoms with E-state index in [4.69, 9.17) is 15.5 Å². The summed E-state index contributed by atoms with van der Waals surface area (Å²) in [5, 5.41) is 5.49. The van der Waals surface area contributed by atoms with E-state index in [0.717, 1.165) is 31.8 Å². The molecule has 0 spiro atoms. The van der Waals surface area contributed by atoms with Crippen LogP contribution in [0, 0.1) is 5.92 Å². The third-order valence-corrected chi connectivity index (χ3v) is 6.91. The largest absolute Gasteiger partial charge is 0.450 e. The molecule has 1 atom stereocenters. The topological polar surface area (TPSA) is 83.2 Å². The average molecular weight is 422 g/mol. The van der Waals surface area contributed by atoms with Gasteiger partial charge in [-0.05, 0) is 63.1 Å². The summed E-state index contributed by atoms with van der Waals surface area (Å²) < 4.78 is 5.08. The maximum atomic E-state index is 11.8. The minimum Gasteiger partial charge on any atom is -0.450 e. The Bertz CT molecular complexity index is 650.